The number of aromatic nitrogens is 2. The van der Waals surface area contributed by atoms with Gasteiger partial charge in [-0.15, -0.1) is 0 Å². The maximum absolute atomic E-state index is 10.9. The molecule has 19 heavy (non-hydrogen) atoms. The molecule has 6 heteroatoms. The largest absolute Gasteiger partial charge is 0.271 e. The van der Waals surface area contributed by atoms with Crippen molar-refractivity contribution < 1.29 is 4.92 Å². The fourth-order valence-corrected chi connectivity index (χ4v) is 3.08. The first-order valence-corrected chi connectivity index (χ1v) is 6.98. The van der Waals surface area contributed by atoms with E-state index < -0.39 is 0 Å². The number of hydrogen-bond acceptors (Lipinski definition) is 4. The Hall–Kier alpha value is -1.56. The summed E-state index contributed by atoms with van der Waals surface area (Å²) < 4.78 is 1.89. The van der Waals surface area contributed by atoms with Crippen LogP contribution in [0.5, 0.6) is 0 Å². The molecule has 1 aromatic heterocycles. The van der Waals surface area contributed by atoms with Gasteiger partial charge >= 0.3 is 0 Å². The molecule has 1 aromatic carbocycles. The van der Waals surface area contributed by atoms with Gasteiger partial charge in [0.05, 0.1) is 16.6 Å². The van der Waals surface area contributed by atoms with Crippen LogP contribution in [0.15, 0.2) is 24.4 Å². The van der Waals surface area contributed by atoms with Gasteiger partial charge in [-0.05, 0) is 30.1 Å². The fourth-order valence-electron chi connectivity index (χ4n) is 2.66. The number of fused-ring (bicyclic) bond motifs is 1. The van der Waals surface area contributed by atoms with E-state index in [1.54, 1.807) is 18.3 Å². The molecule has 1 aliphatic carbocycles. The number of benzene rings is 1. The topological polar surface area (TPSA) is 61.0 Å². The van der Waals surface area contributed by atoms with Crippen LogP contribution >= 0.6 is 12.6 Å². The Morgan fingerprint density at radius 3 is 2.84 bits per heavy atom. The van der Waals surface area contributed by atoms with Crippen LogP contribution in [0, 0.1) is 15.5 Å². The first-order valence-electron chi connectivity index (χ1n) is 6.34. The fraction of sp³-hybridized carbons (Fsp3) is 0.462. The van der Waals surface area contributed by atoms with Crippen molar-refractivity contribution in [1.29, 1.82) is 0 Å². The van der Waals surface area contributed by atoms with Gasteiger partial charge in [0.25, 0.3) is 5.69 Å². The molecule has 1 saturated carbocycles. The third kappa shape index (κ3) is 2.10. The van der Waals surface area contributed by atoms with Crippen LogP contribution < -0.4 is 0 Å². The Balaban J connectivity index is 1.99. The summed E-state index contributed by atoms with van der Waals surface area (Å²) in [6.45, 7) is 0.793. The van der Waals surface area contributed by atoms with E-state index in [4.69, 9.17) is 0 Å². The van der Waals surface area contributed by atoms with Crippen molar-refractivity contribution in [2.45, 2.75) is 25.8 Å². The van der Waals surface area contributed by atoms with Crippen molar-refractivity contribution in [3.63, 3.8) is 0 Å². The summed E-state index contributed by atoms with van der Waals surface area (Å²) in [5, 5.41) is 16.2. The normalized spacial score (nSPS) is 17.3. The number of hydrogen-bond donors (Lipinski definition) is 1. The predicted octanol–water partition coefficient (Wildman–Crippen LogP) is 3.04. The Kier molecular flexibility index (Phi) is 2.97. The van der Waals surface area contributed by atoms with Gasteiger partial charge in [0.15, 0.2) is 0 Å². The molecule has 0 radical (unpaired) electrons. The van der Waals surface area contributed by atoms with Gasteiger partial charge in [0, 0.05) is 24.1 Å². The second-order valence-corrected chi connectivity index (χ2v) is 5.63. The second-order valence-electron chi connectivity index (χ2n) is 5.31. The minimum atomic E-state index is -0.367. The minimum absolute atomic E-state index is 0.114. The zero-order valence-corrected chi connectivity index (χ0v) is 11.3. The number of thiol groups is 1. The van der Waals surface area contributed by atoms with E-state index in [0.29, 0.717) is 0 Å². The molecule has 0 bridgehead atoms. The molecule has 5 nitrogen and oxygen atoms in total. The molecule has 1 fully saturated rings. The predicted molar refractivity (Wildman–Crippen MR) is 76.5 cm³/mol. The second kappa shape index (κ2) is 4.52. The Bertz CT molecular complexity index is 628. The summed E-state index contributed by atoms with van der Waals surface area (Å²) in [4.78, 5) is 10.5. The van der Waals surface area contributed by atoms with Crippen molar-refractivity contribution in [1.82, 2.24) is 9.78 Å². The van der Waals surface area contributed by atoms with Gasteiger partial charge in [0.1, 0.15) is 0 Å². The molecule has 100 valence electrons. The van der Waals surface area contributed by atoms with Gasteiger partial charge in [-0.3, -0.25) is 14.8 Å². The van der Waals surface area contributed by atoms with E-state index in [1.807, 2.05) is 4.68 Å². The van der Waals surface area contributed by atoms with Gasteiger partial charge < -0.3 is 0 Å². The minimum Gasteiger partial charge on any atom is -0.264 e. The summed E-state index contributed by atoms with van der Waals surface area (Å²) in [5.41, 5.74) is 1.16. The van der Waals surface area contributed by atoms with Crippen LogP contribution in [-0.2, 0) is 6.54 Å². The van der Waals surface area contributed by atoms with Crippen molar-refractivity contribution >= 4 is 29.2 Å². The SMILES string of the molecule is O=[N+]([O-])c1ccc2cnn(CC3(CS)CCC3)c2c1. The molecule has 0 saturated heterocycles. The van der Waals surface area contributed by atoms with Gasteiger partial charge in [-0.1, -0.05) is 6.42 Å². The van der Waals surface area contributed by atoms with Crippen molar-refractivity contribution in [2.75, 3.05) is 5.75 Å². The molecular formula is C13H15N3O2S. The highest BCUT2D eigenvalue weighted by Gasteiger charge is 2.36. The molecule has 0 spiro atoms. The van der Waals surface area contributed by atoms with Crippen LogP contribution in [0.2, 0.25) is 0 Å². The summed E-state index contributed by atoms with van der Waals surface area (Å²) in [6, 6.07) is 4.88. The maximum atomic E-state index is 10.9. The van der Waals surface area contributed by atoms with Crippen LogP contribution in [0.3, 0.4) is 0 Å². The summed E-state index contributed by atoms with van der Waals surface area (Å²) >= 11 is 4.44. The summed E-state index contributed by atoms with van der Waals surface area (Å²) in [6.07, 6.45) is 5.32. The molecule has 3 rings (SSSR count). The molecule has 0 unspecified atom stereocenters. The standard InChI is InChI=1S/C13H15N3O2S/c17-16(18)11-3-2-10-7-14-15(12(10)6-11)8-13(9-19)4-1-5-13/h2-3,6-7,19H,1,4-5,8-9H2. The molecular weight excluding hydrogens is 262 g/mol. The van der Waals surface area contributed by atoms with E-state index in [9.17, 15) is 10.1 Å². The highest BCUT2D eigenvalue weighted by Crippen LogP contribution is 2.43. The average molecular weight is 277 g/mol. The lowest BCUT2D eigenvalue weighted by Gasteiger charge is -2.40. The van der Waals surface area contributed by atoms with Crippen LogP contribution in [0.4, 0.5) is 5.69 Å². The first kappa shape index (κ1) is 12.5. The monoisotopic (exact) mass is 277 g/mol. The third-order valence-electron chi connectivity index (χ3n) is 4.07. The highest BCUT2D eigenvalue weighted by molar-refractivity contribution is 7.80. The number of nitrogens with zero attached hydrogens (tertiary/aromatic N) is 3. The van der Waals surface area contributed by atoms with E-state index in [0.717, 1.165) is 36.0 Å². The zero-order chi connectivity index (χ0) is 13.5. The van der Waals surface area contributed by atoms with Crippen molar-refractivity contribution in [2.24, 2.45) is 5.41 Å². The first-order chi connectivity index (χ1) is 9.13. The summed E-state index contributed by atoms with van der Waals surface area (Å²) in [7, 11) is 0. The van der Waals surface area contributed by atoms with Crippen molar-refractivity contribution in [3.05, 3.63) is 34.5 Å². The van der Waals surface area contributed by atoms with Crippen LogP contribution in [-0.4, -0.2) is 20.5 Å². The van der Waals surface area contributed by atoms with Gasteiger partial charge in [0.2, 0.25) is 0 Å². The molecule has 0 aliphatic heterocycles. The van der Waals surface area contributed by atoms with E-state index in [1.165, 1.54) is 12.5 Å². The smallest absolute Gasteiger partial charge is 0.264 e. The lowest BCUT2D eigenvalue weighted by Crippen LogP contribution is -2.36. The van der Waals surface area contributed by atoms with Gasteiger partial charge in [-0.25, -0.2) is 0 Å². The number of nitro benzene ring substituents is 1. The Morgan fingerprint density at radius 1 is 1.47 bits per heavy atom. The molecule has 1 aliphatic rings. The maximum Gasteiger partial charge on any atom is 0.271 e. The number of rotatable bonds is 4. The number of non-ortho nitro benzene ring substituents is 1. The molecule has 1 heterocycles. The van der Waals surface area contributed by atoms with E-state index in [2.05, 4.69) is 17.7 Å². The zero-order valence-electron chi connectivity index (χ0n) is 10.5. The molecule has 0 amide bonds. The molecule has 0 atom stereocenters. The van der Waals surface area contributed by atoms with Gasteiger partial charge in [-0.2, -0.15) is 17.7 Å². The lowest BCUT2D eigenvalue weighted by molar-refractivity contribution is -0.384. The van der Waals surface area contributed by atoms with Crippen LogP contribution in [0.1, 0.15) is 19.3 Å². The number of nitro groups is 1. The van der Waals surface area contributed by atoms with Crippen LogP contribution in [0.25, 0.3) is 10.9 Å². The highest BCUT2D eigenvalue weighted by atomic mass is 32.1. The lowest BCUT2D eigenvalue weighted by atomic mass is 9.70. The molecule has 2 aromatic rings. The van der Waals surface area contributed by atoms with E-state index >= 15 is 0 Å². The Labute approximate surface area is 116 Å². The third-order valence-corrected chi connectivity index (χ3v) is 4.74. The Morgan fingerprint density at radius 2 is 2.26 bits per heavy atom. The molecule has 0 N–H and O–H groups in total. The summed E-state index contributed by atoms with van der Waals surface area (Å²) in [5.74, 6) is 0.837. The average Bonchev–Trinajstić information content (AvgIpc) is 2.76. The quantitative estimate of drug-likeness (QED) is 0.531. The van der Waals surface area contributed by atoms with Crippen molar-refractivity contribution in [3.8, 4) is 0 Å². The van der Waals surface area contributed by atoms with E-state index in [-0.39, 0.29) is 16.0 Å².